The maximum atomic E-state index is 11.7. The zero-order valence-electron chi connectivity index (χ0n) is 24.6. The molecule has 2 rings (SSSR count). The van der Waals surface area contributed by atoms with Gasteiger partial charge in [-0.2, -0.15) is 5.26 Å². The summed E-state index contributed by atoms with van der Waals surface area (Å²) in [6, 6.07) is 14.9. The molecule has 0 aliphatic rings. The van der Waals surface area contributed by atoms with Crippen LogP contribution in [0.15, 0.2) is 48.5 Å². The molecule has 0 fully saturated rings. The number of nitrogens with zero attached hydrogens (tertiary/aromatic N) is 1. The fraction of sp³-hybridized carbons (Fsp3) is 0.467. The second kappa shape index (κ2) is 16.2. The normalized spacial score (nSPS) is 12.5. The van der Waals surface area contributed by atoms with Gasteiger partial charge in [-0.25, -0.2) is 9.59 Å². The third-order valence-corrected chi connectivity index (χ3v) is 5.17. The summed E-state index contributed by atoms with van der Waals surface area (Å²) in [5.41, 5.74) is 6.80. The smallest absolute Gasteiger partial charge is 0.407 e. The van der Waals surface area contributed by atoms with E-state index in [1.807, 2.05) is 6.07 Å². The first-order valence-electron chi connectivity index (χ1n) is 13.1. The summed E-state index contributed by atoms with van der Waals surface area (Å²) in [6.07, 6.45) is -0.225. The second-order valence-corrected chi connectivity index (χ2v) is 11.3. The highest BCUT2D eigenvalue weighted by molar-refractivity contribution is 5.92. The Labute approximate surface area is 241 Å². The molecule has 224 valence electrons. The number of carbonyl (C=O) groups excluding carboxylic acids is 3. The Balaban J connectivity index is 0.000000410. The molecule has 0 saturated carbocycles. The lowest BCUT2D eigenvalue weighted by Crippen LogP contribution is -2.42. The summed E-state index contributed by atoms with van der Waals surface area (Å²) in [6.45, 7) is 10.2. The highest BCUT2D eigenvalue weighted by atomic mass is 16.6. The molecule has 11 heteroatoms. The largest absolute Gasteiger partial charge is 0.444 e. The van der Waals surface area contributed by atoms with Crippen LogP contribution in [-0.2, 0) is 22.3 Å². The van der Waals surface area contributed by atoms with Crippen LogP contribution in [0.3, 0.4) is 0 Å². The number of rotatable bonds is 9. The molecule has 0 radical (unpaired) electrons. The molecule has 0 heterocycles. The van der Waals surface area contributed by atoms with Crippen molar-refractivity contribution in [2.75, 3.05) is 13.2 Å². The highest BCUT2D eigenvalue weighted by Crippen LogP contribution is 2.11. The van der Waals surface area contributed by atoms with E-state index >= 15 is 0 Å². The molecule has 0 spiro atoms. The predicted octanol–water partition coefficient (Wildman–Crippen LogP) is 3.20. The van der Waals surface area contributed by atoms with E-state index in [9.17, 15) is 24.6 Å². The number of carbonyl (C=O) groups is 3. The number of primary amides is 1. The minimum absolute atomic E-state index is 0.181. The van der Waals surface area contributed by atoms with E-state index in [0.717, 1.165) is 11.1 Å². The third-order valence-electron chi connectivity index (χ3n) is 5.17. The van der Waals surface area contributed by atoms with Crippen LogP contribution in [0, 0.1) is 11.3 Å². The summed E-state index contributed by atoms with van der Waals surface area (Å²) in [7, 11) is 0. The number of hydrogen-bond acceptors (Lipinski definition) is 8. The van der Waals surface area contributed by atoms with Gasteiger partial charge >= 0.3 is 12.2 Å². The van der Waals surface area contributed by atoms with Gasteiger partial charge in [0.1, 0.15) is 11.2 Å². The monoisotopic (exact) mass is 570 g/mol. The van der Waals surface area contributed by atoms with Crippen LogP contribution in [0.2, 0.25) is 0 Å². The fourth-order valence-corrected chi connectivity index (χ4v) is 3.36. The number of nitrogens with one attached hydrogen (secondary N) is 2. The summed E-state index contributed by atoms with van der Waals surface area (Å²) in [5, 5.41) is 32.6. The topological polar surface area (TPSA) is 184 Å². The van der Waals surface area contributed by atoms with Gasteiger partial charge in [-0.3, -0.25) is 4.79 Å². The van der Waals surface area contributed by atoms with E-state index in [1.165, 1.54) is 0 Å². The number of alkyl carbamates (subject to hydrolysis) is 2. The SMILES string of the molecule is CC(C)(C)OC(=O)N[C@H](CO)Cc1ccc(C#N)cc1.CC(C)(C)OC(=O)N[C@H](CO)Cc1ccc(C(N)=O)cc1. The standard InChI is InChI=1S/C15H22N2O4.C15H20N2O3/c1-15(2,3)21-14(20)17-12(9-18)8-10-4-6-11(7-5-10)13(16)19;1-15(2,3)20-14(19)17-13(10-18)8-11-4-6-12(9-16)7-5-11/h4-7,12,18H,8-9H2,1-3H3,(H2,16,19)(H,17,20);4-7,13,18H,8,10H2,1-3H3,(H,17,19)/t12-;13-/m00/s1. The molecule has 6 N–H and O–H groups in total. The Morgan fingerprint density at radius 3 is 1.44 bits per heavy atom. The van der Waals surface area contributed by atoms with Crippen LogP contribution in [-0.4, -0.2) is 64.8 Å². The molecule has 0 saturated heterocycles. The van der Waals surface area contributed by atoms with Crippen LogP contribution in [0.1, 0.15) is 68.6 Å². The van der Waals surface area contributed by atoms with Crippen molar-refractivity contribution in [2.24, 2.45) is 5.73 Å². The summed E-state index contributed by atoms with van der Waals surface area (Å²) >= 11 is 0. The maximum Gasteiger partial charge on any atom is 0.407 e. The Morgan fingerprint density at radius 2 is 1.15 bits per heavy atom. The lowest BCUT2D eigenvalue weighted by Gasteiger charge is -2.22. The molecule has 3 amide bonds. The molecule has 41 heavy (non-hydrogen) atoms. The number of hydrogen-bond donors (Lipinski definition) is 5. The van der Waals surface area contributed by atoms with Crippen molar-refractivity contribution < 1.29 is 34.1 Å². The lowest BCUT2D eigenvalue weighted by molar-refractivity contribution is 0.0472. The minimum Gasteiger partial charge on any atom is -0.444 e. The third kappa shape index (κ3) is 15.3. The van der Waals surface area contributed by atoms with E-state index in [-0.39, 0.29) is 13.2 Å². The number of amides is 3. The minimum atomic E-state index is -0.590. The van der Waals surface area contributed by atoms with Crippen LogP contribution in [0.5, 0.6) is 0 Å². The highest BCUT2D eigenvalue weighted by Gasteiger charge is 2.20. The van der Waals surface area contributed by atoms with Gasteiger partial charge in [-0.1, -0.05) is 24.3 Å². The van der Waals surface area contributed by atoms with Gasteiger partial charge < -0.3 is 36.1 Å². The van der Waals surface area contributed by atoms with Gasteiger partial charge in [0.05, 0.1) is 36.9 Å². The molecule has 2 aromatic carbocycles. The molecule has 0 unspecified atom stereocenters. The van der Waals surface area contributed by atoms with Crippen LogP contribution in [0.25, 0.3) is 0 Å². The van der Waals surface area contributed by atoms with Crippen molar-refractivity contribution in [1.29, 1.82) is 5.26 Å². The van der Waals surface area contributed by atoms with Gasteiger partial charge in [-0.15, -0.1) is 0 Å². The van der Waals surface area contributed by atoms with E-state index < -0.39 is 41.4 Å². The number of ether oxygens (including phenoxy) is 2. The van der Waals surface area contributed by atoms with Crippen LogP contribution < -0.4 is 16.4 Å². The Morgan fingerprint density at radius 1 is 0.780 bits per heavy atom. The van der Waals surface area contributed by atoms with Gasteiger partial charge in [0, 0.05) is 5.56 Å². The van der Waals surface area contributed by atoms with Crippen molar-refractivity contribution in [1.82, 2.24) is 10.6 Å². The number of aliphatic hydroxyl groups is 2. The van der Waals surface area contributed by atoms with Crippen molar-refractivity contribution in [2.45, 2.75) is 77.7 Å². The Hall–Kier alpha value is -4.14. The number of nitrogens with two attached hydrogens (primary N) is 1. The molecule has 0 aliphatic carbocycles. The summed E-state index contributed by atoms with van der Waals surface area (Å²) < 4.78 is 10.3. The van der Waals surface area contributed by atoms with Crippen LogP contribution in [0.4, 0.5) is 9.59 Å². The van der Waals surface area contributed by atoms with Crippen molar-refractivity contribution in [3.05, 3.63) is 70.8 Å². The van der Waals surface area contributed by atoms with Gasteiger partial charge in [0.15, 0.2) is 0 Å². The summed E-state index contributed by atoms with van der Waals surface area (Å²) in [4.78, 5) is 34.3. The first kappa shape index (κ1) is 34.9. The van der Waals surface area contributed by atoms with Gasteiger partial charge in [0.25, 0.3) is 0 Å². The molecule has 0 aromatic heterocycles. The average Bonchev–Trinajstić information content (AvgIpc) is 2.86. The maximum absolute atomic E-state index is 11.7. The first-order chi connectivity index (χ1) is 19.0. The second-order valence-electron chi connectivity index (χ2n) is 11.3. The van der Waals surface area contributed by atoms with Crippen LogP contribution >= 0.6 is 0 Å². The Bertz CT molecular complexity index is 1160. The number of aliphatic hydroxyl groups excluding tert-OH is 2. The zero-order chi connectivity index (χ0) is 31.2. The Kier molecular flexibility index (Phi) is 13.8. The molecule has 0 bridgehead atoms. The molecule has 2 aromatic rings. The van der Waals surface area contributed by atoms with Crippen molar-refractivity contribution in [3.63, 3.8) is 0 Å². The number of nitriles is 1. The lowest BCUT2D eigenvalue weighted by atomic mass is 10.0. The zero-order valence-corrected chi connectivity index (χ0v) is 24.6. The molecule has 2 atom stereocenters. The first-order valence-corrected chi connectivity index (χ1v) is 13.1. The molecule has 0 aliphatic heterocycles. The molecular formula is C30H42N4O7. The quantitative estimate of drug-likeness (QED) is 0.304. The van der Waals surface area contributed by atoms with Gasteiger partial charge in [-0.05, 0) is 89.8 Å². The molecule has 11 nitrogen and oxygen atoms in total. The molecular weight excluding hydrogens is 528 g/mol. The fourth-order valence-electron chi connectivity index (χ4n) is 3.36. The van der Waals surface area contributed by atoms with E-state index in [0.29, 0.717) is 24.0 Å². The average molecular weight is 571 g/mol. The predicted molar refractivity (Wildman–Crippen MR) is 154 cm³/mol. The van der Waals surface area contributed by atoms with Crippen molar-refractivity contribution in [3.8, 4) is 6.07 Å². The van der Waals surface area contributed by atoms with Gasteiger partial charge in [0.2, 0.25) is 5.91 Å². The van der Waals surface area contributed by atoms with Crippen molar-refractivity contribution >= 4 is 18.1 Å². The van der Waals surface area contributed by atoms with E-state index in [1.54, 1.807) is 90.1 Å². The number of benzene rings is 2. The summed E-state index contributed by atoms with van der Waals surface area (Å²) in [5.74, 6) is -0.493. The van der Waals surface area contributed by atoms with E-state index in [4.69, 9.17) is 20.5 Å². The van der Waals surface area contributed by atoms with E-state index in [2.05, 4.69) is 10.6 Å².